The van der Waals surface area contributed by atoms with E-state index >= 15 is 0 Å². The molecule has 0 aromatic heterocycles. The van der Waals surface area contributed by atoms with Crippen LogP contribution < -0.4 is 0 Å². The smallest absolute Gasteiger partial charge is 0.311 e. The van der Waals surface area contributed by atoms with Crippen molar-refractivity contribution in [3.8, 4) is 0 Å². The number of carbonyl (C=O) groups is 1. The van der Waals surface area contributed by atoms with E-state index in [4.69, 9.17) is 0 Å². The van der Waals surface area contributed by atoms with Gasteiger partial charge >= 0.3 is 5.97 Å². The van der Waals surface area contributed by atoms with Gasteiger partial charge in [0.25, 0.3) is 0 Å². The molecule has 2 rings (SSSR count). The molecular formula is C16H18O2. The molecule has 2 nitrogen and oxygen atoms in total. The maximum atomic E-state index is 11.5. The van der Waals surface area contributed by atoms with Crippen LogP contribution in [0.25, 0.3) is 5.57 Å². The van der Waals surface area contributed by atoms with Crippen molar-refractivity contribution in [3.63, 3.8) is 0 Å². The van der Waals surface area contributed by atoms with Gasteiger partial charge in [0.15, 0.2) is 0 Å². The van der Waals surface area contributed by atoms with Gasteiger partial charge in [-0.1, -0.05) is 61.9 Å². The normalized spacial score (nSPS) is 22.1. The third-order valence-electron chi connectivity index (χ3n) is 3.72. The van der Waals surface area contributed by atoms with Crippen LogP contribution in [-0.4, -0.2) is 11.1 Å². The molecule has 0 saturated carbocycles. The van der Waals surface area contributed by atoms with Gasteiger partial charge in [0.2, 0.25) is 0 Å². The van der Waals surface area contributed by atoms with Crippen LogP contribution in [0.5, 0.6) is 0 Å². The third kappa shape index (κ3) is 1.99. The minimum Gasteiger partial charge on any atom is -0.481 e. The second-order valence-corrected chi connectivity index (χ2v) is 5.35. The van der Waals surface area contributed by atoms with Gasteiger partial charge in [0, 0.05) is 5.41 Å². The summed E-state index contributed by atoms with van der Waals surface area (Å²) in [4.78, 5) is 11.5. The van der Waals surface area contributed by atoms with Gasteiger partial charge in [-0.2, -0.15) is 0 Å². The quantitative estimate of drug-likeness (QED) is 0.857. The van der Waals surface area contributed by atoms with Gasteiger partial charge in [-0.3, -0.25) is 4.79 Å². The van der Waals surface area contributed by atoms with Crippen molar-refractivity contribution in [2.24, 2.45) is 11.3 Å². The van der Waals surface area contributed by atoms with Gasteiger partial charge < -0.3 is 5.11 Å². The lowest BCUT2D eigenvalue weighted by molar-refractivity contribution is -0.142. The summed E-state index contributed by atoms with van der Waals surface area (Å²) in [6.45, 7) is 5.89. The maximum Gasteiger partial charge on any atom is 0.311 e. The lowest BCUT2D eigenvalue weighted by atomic mass is 9.65. The van der Waals surface area contributed by atoms with Gasteiger partial charge in [-0.15, -0.1) is 0 Å². The molecule has 0 fully saturated rings. The van der Waals surface area contributed by atoms with Crippen LogP contribution in [0, 0.1) is 11.3 Å². The molecule has 0 radical (unpaired) electrons. The fraction of sp³-hybridized carbons (Fsp3) is 0.312. The van der Waals surface area contributed by atoms with E-state index in [0.29, 0.717) is 0 Å². The fourth-order valence-electron chi connectivity index (χ4n) is 2.84. The molecule has 1 unspecified atom stereocenters. The molecule has 0 aliphatic heterocycles. The van der Waals surface area contributed by atoms with E-state index < -0.39 is 17.3 Å². The van der Waals surface area contributed by atoms with Crippen molar-refractivity contribution in [1.29, 1.82) is 0 Å². The van der Waals surface area contributed by atoms with Crippen molar-refractivity contribution in [2.45, 2.75) is 20.8 Å². The highest BCUT2D eigenvalue weighted by molar-refractivity contribution is 5.84. The molecule has 1 N–H and O–H groups in total. The number of carboxylic acids is 1. The topological polar surface area (TPSA) is 37.3 Å². The number of rotatable bonds is 2. The van der Waals surface area contributed by atoms with Gasteiger partial charge in [0.05, 0.1) is 5.92 Å². The Morgan fingerprint density at radius 1 is 1.17 bits per heavy atom. The van der Waals surface area contributed by atoms with E-state index in [2.05, 4.69) is 0 Å². The average Bonchev–Trinajstić information content (AvgIpc) is 2.28. The number of benzene rings is 1. The zero-order chi connectivity index (χ0) is 13.3. The molecule has 1 aliphatic carbocycles. The molecule has 0 spiro atoms. The predicted molar refractivity (Wildman–Crippen MR) is 73.1 cm³/mol. The summed E-state index contributed by atoms with van der Waals surface area (Å²) < 4.78 is 0. The lowest BCUT2D eigenvalue weighted by Crippen LogP contribution is -2.34. The second kappa shape index (κ2) is 4.45. The summed E-state index contributed by atoms with van der Waals surface area (Å²) in [5, 5.41) is 9.44. The second-order valence-electron chi connectivity index (χ2n) is 5.35. The fourth-order valence-corrected chi connectivity index (χ4v) is 2.84. The molecule has 0 amide bonds. The first-order chi connectivity index (χ1) is 8.44. The minimum atomic E-state index is -0.754. The Kier molecular flexibility index (Phi) is 3.12. The first-order valence-electron chi connectivity index (χ1n) is 6.12. The molecule has 1 aromatic rings. The van der Waals surface area contributed by atoms with E-state index in [0.717, 1.165) is 16.7 Å². The molecule has 0 bridgehead atoms. The number of aliphatic carboxylic acids is 1. The SMILES string of the molecule is CC1=CC=C(c2ccccc2)C(C)(C)C1C(=O)O. The van der Waals surface area contributed by atoms with E-state index in [-0.39, 0.29) is 0 Å². The maximum absolute atomic E-state index is 11.5. The van der Waals surface area contributed by atoms with Crippen molar-refractivity contribution in [1.82, 2.24) is 0 Å². The number of hydrogen-bond donors (Lipinski definition) is 1. The minimum absolute atomic E-state index is 0.397. The molecule has 2 heteroatoms. The van der Waals surface area contributed by atoms with Crippen LogP contribution in [0.1, 0.15) is 26.3 Å². The van der Waals surface area contributed by atoms with Crippen LogP contribution in [0.3, 0.4) is 0 Å². The number of hydrogen-bond acceptors (Lipinski definition) is 1. The molecule has 0 heterocycles. The monoisotopic (exact) mass is 242 g/mol. The number of allylic oxidation sites excluding steroid dienone is 3. The summed E-state index contributed by atoms with van der Waals surface area (Å²) in [6.07, 6.45) is 3.97. The van der Waals surface area contributed by atoms with E-state index in [1.165, 1.54) is 0 Å². The van der Waals surface area contributed by atoms with Crippen LogP contribution in [-0.2, 0) is 4.79 Å². The summed E-state index contributed by atoms with van der Waals surface area (Å²) in [6, 6.07) is 9.98. The van der Waals surface area contributed by atoms with E-state index in [1.54, 1.807) is 0 Å². The van der Waals surface area contributed by atoms with Crippen molar-refractivity contribution < 1.29 is 9.90 Å². The zero-order valence-electron chi connectivity index (χ0n) is 11.0. The van der Waals surface area contributed by atoms with Crippen molar-refractivity contribution >= 4 is 11.5 Å². The first kappa shape index (κ1) is 12.6. The molecule has 1 aliphatic rings. The Balaban J connectivity index is 2.53. The molecular weight excluding hydrogens is 224 g/mol. The standard InChI is InChI=1S/C16H18O2/c1-11-9-10-13(12-7-5-4-6-8-12)16(2,3)14(11)15(17)18/h4-10,14H,1-3H3,(H,17,18). The van der Waals surface area contributed by atoms with E-state index in [9.17, 15) is 9.90 Å². The molecule has 94 valence electrons. The Labute approximate surface area is 108 Å². The predicted octanol–water partition coefficient (Wildman–Crippen LogP) is 3.76. The Morgan fingerprint density at radius 2 is 1.78 bits per heavy atom. The van der Waals surface area contributed by atoms with E-state index in [1.807, 2.05) is 63.3 Å². The Morgan fingerprint density at radius 3 is 2.33 bits per heavy atom. The van der Waals surface area contributed by atoms with Crippen molar-refractivity contribution in [3.05, 3.63) is 53.6 Å². The highest BCUT2D eigenvalue weighted by atomic mass is 16.4. The Hall–Kier alpha value is -1.83. The van der Waals surface area contributed by atoms with Crippen LogP contribution in [0.4, 0.5) is 0 Å². The van der Waals surface area contributed by atoms with Gasteiger partial charge in [-0.05, 0) is 18.1 Å². The molecule has 18 heavy (non-hydrogen) atoms. The zero-order valence-corrected chi connectivity index (χ0v) is 11.0. The van der Waals surface area contributed by atoms with Gasteiger partial charge in [0.1, 0.15) is 0 Å². The lowest BCUT2D eigenvalue weighted by Gasteiger charge is -2.37. The average molecular weight is 242 g/mol. The van der Waals surface area contributed by atoms with Crippen molar-refractivity contribution in [2.75, 3.05) is 0 Å². The highest BCUT2D eigenvalue weighted by Gasteiger charge is 2.41. The molecule has 0 saturated heterocycles. The summed E-state index contributed by atoms with van der Waals surface area (Å²) >= 11 is 0. The Bertz CT molecular complexity index is 521. The van der Waals surface area contributed by atoms with Gasteiger partial charge in [-0.25, -0.2) is 0 Å². The summed E-state index contributed by atoms with van der Waals surface area (Å²) in [5.74, 6) is -1.21. The third-order valence-corrected chi connectivity index (χ3v) is 3.72. The van der Waals surface area contributed by atoms with Crippen LogP contribution >= 0.6 is 0 Å². The van der Waals surface area contributed by atoms with Crippen LogP contribution in [0.2, 0.25) is 0 Å². The molecule has 1 atom stereocenters. The summed E-state index contributed by atoms with van der Waals surface area (Å²) in [5.41, 5.74) is 2.69. The first-order valence-corrected chi connectivity index (χ1v) is 6.12. The molecule has 1 aromatic carbocycles. The van der Waals surface area contributed by atoms with Crippen LogP contribution in [0.15, 0.2) is 48.1 Å². The largest absolute Gasteiger partial charge is 0.481 e. The number of carboxylic acid groups (broad SMARTS) is 1. The summed E-state index contributed by atoms with van der Waals surface area (Å²) in [7, 11) is 0. The highest BCUT2D eigenvalue weighted by Crippen LogP contribution is 2.46.